The average Bonchev–Trinajstić information content (AvgIpc) is 3.37. The molecule has 0 saturated carbocycles. The topological polar surface area (TPSA) is 72.4 Å². The van der Waals surface area contributed by atoms with Crippen molar-refractivity contribution in [3.05, 3.63) is 71.9 Å². The van der Waals surface area contributed by atoms with Crippen LogP contribution in [-0.4, -0.2) is 86.8 Å². The van der Waals surface area contributed by atoms with E-state index < -0.39 is 5.82 Å². The van der Waals surface area contributed by atoms with Gasteiger partial charge >= 0.3 is 0 Å². The van der Waals surface area contributed by atoms with E-state index in [9.17, 15) is 14.3 Å². The number of pyridine rings is 1. The molecule has 2 aromatic carbocycles. The van der Waals surface area contributed by atoms with Crippen LogP contribution in [0.25, 0.3) is 22.3 Å². The molecule has 10 heteroatoms. The molecule has 43 heavy (non-hydrogen) atoms. The van der Waals surface area contributed by atoms with E-state index in [-0.39, 0.29) is 22.4 Å². The molecule has 2 heterocycles. The van der Waals surface area contributed by atoms with Crippen molar-refractivity contribution in [1.29, 1.82) is 0 Å². The van der Waals surface area contributed by atoms with Crippen molar-refractivity contribution in [1.82, 2.24) is 14.8 Å². The fraction of sp³-hybridized carbons (Fsp3) is 0.394. The Labute approximate surface area is 259 Å². The fourth-order valence-electron chi connectivity index (χ4n) is 5.14. The maximum atomic E-state index is 15.0. The fourth-order valence-corrected chi connectivity index (χ4v) is 5.41. The third-order valence-electron chi connectivity index (χ3n) is 6.99. The monoisotopic (exact) mass is 611 g/mol. The number of benzene rings is 2. The predicted molar refractivity (Wildman–Crippen MR) is 174 cm³/mol. The van der Waals surface area contributed by atoms with E-state index in [0.717, 1.165) is 18.9 Å². The molecule has 1 fully saturated rings. The Bertz CT molecular complexity index is 1400. The van der Waals surface area contributed by atoms with E-state index >= 15 is 0 Å². The number of amides is 1. The van der Waals surface area contributed by atoms with E-state index in [4.69, 9.17) is 16.3 Å². The molecule has 0 aliphatic carbocycles. The van der Waals surface area contributed by atoms with Gasteiger partial charge in [-0.25, -0.2) is 9.37 Å². The molecule has 0 bridgehead atoms. The zero-order chi connectivity index (χ0) is 31.7. The van der Waals surface area contributed by atoms with Gasteiger partial charge in [0, 0.05) is 76.0 Å². The summed E-state index contributed by atoms with van der Waals surface area (Å²) in [7, 11) is 7.78. The number of ether oxygens (including phenoxy) is 1. The molecule has 0 spiro atoms. The Balaban J connectivity index is 0.00000248. The molecule has 1 unspecified atom stereocenters. The van der Waals surface area contributed by atoms with Gasteiger partial charge in [0.2, 0.25) is 6.41 Å². The predicted octanol–water partition coefficient (Wildman–Crippen LogP) is 6.34. The van der Waals surface area contributed by atoms with Crippen molar-refractivity contribution in [2.24, 2.45) is 5.92 Å². The molecule has 4 rings (SSSR count). The van der Waals surface area contributed by atoms with Crippen molar-refractivity contribution in [3.63, 3.8) is 0 Å². The summed E-state index contributed by atoms with van der Waals surface area (Å²) in [5.41, 5.74) is 2.25. The molecule has 1 saturated heterocycles. The van der Waals surface area contributed by atoms with Gasteiger partial charge in [-0.3, -0.25) is 9.69 Å². The first-order chi connectivity index (χ1) is 20.6. The van der Waals surface area contributed by atoms with Gasteiger partial charge in [-0.1, -0.05) is 31.5 Å². The summed E-state index contributed by atoms with van der Waals surface area (Å²) in [5.74, 6) is 0.487. The lowest BCUT2D eigenvalue weighted by Gasteiger charge is -2.21. The van der Waals surface area contributed by atoms with Crippen molar-refractivity contribution in [3.8, 4) is 28.0 Å². The molecule has 232 valence electrons. The Morgan fingerprint density at radius 3 is 2.30 bits per heavy atom. The molecule has 1 aliphatic heterocycles. The summed E-state index contributed by atoms with van der Waals surface area (Å²) in [6.07, 6.45) is 5.72. The van der Waals surface area contributed by atoms with Crippen LogP contribution in [-0.2, 0) is 9.53 Å². The zero-order valence-corrected chi connectivity index (χ0v) is 26.8. The summed E-state index contributed by atoms with van der Waals surface area (Å²) in [6.45, 7) is 9.02. The van der Waals surface area contributed by atoms with Gasteiger partial charge < -0.3 is 24.5 Å². The van der Waals surface area contributed by atoms with E-state index in [1.165, 1.54) is 17.0 Å². The number of nitrogens with zero attached hydrogens (tertiary/aromatic N) is 5. The molecule has 1 N–H and O–H groups in total. The highest BCUT2D eigenvalue weighted by molar-refractivity contribution is 6.34. The third-order valence-corrected chi connectivity index (χ3v) is 7.30. The van der Waals surface area contributed by atoms with E-state index in [1.807, 2.05) is 40.9 Å². The van der Waals surface area contributed by atoms with Crippen LogP contribution in [0.3, 0.4) is 0 Å². The number of carbonyl (C=O) groups excluding carboxylic acids is 1. The Morgan fingerprint density at radius 2 is 1.72 bits per heavy atom. The zero-order valence-electron chi connectivity index (χ0n) is 26.1. The average molecular weight is 612 g/mol. The number of hydrogen-bond donors (Lipinski definition) is 1. The number of phenols is 1. The molecule has 1 amide bonds. The van der Waals surface area contributed by atoms with Crippen molar-refractivity contribution < 1.29 is 19.0 Å². The number of anilines is 2. The van der Waals surface area contributed by atoms with Crippen LogP contribution >= 0.6 is 11.6 Å². The van der Waals surface area contributed by atoms with E-state index in [1.54, 1.807) is 47.8 Å². The number of hydrogen-bond acceptors (Lipinski definition) is 7. The van der Waals surface area contributed by atoms with Gasteiger partial charge in [0.05, 0.1) is 16.8 Å². The summed E-state index contributed by atoms with van der Waals surface area (Å²) in [5, 5.41) is 11.6. The minimum atomic E-state index is -0.501. The molecule has 8 nitrogen and oxygen atoms in total. The quantitative estimate of drug-likeness (QED) is 0.254. The Kier molecular flexibility index (Phi) is 12.4. The lowest BCUT2D eigenvalue weighted by atomic mass is 9.97. The van der Waals surface area contributed by atoms with Crippen molar-refractivity contribution in [2.45, 2.75) is 26.9 Å². The third kappa shape index (κ3) is 8.46. The number of phenolic OH excluding ortho intramolecular Hbond substituents is 1. The van der Waals surface area contributed by atoms with Gasteiger partial charge in [0.15, 0.2) is 0 Å². The van der Waals surface area contributed by atoms with Crippen LogP contribution in [0.5, 0.6) is 5.75 Å². The van der Waals surface area contributed by atoms with Crippen molar-refractivity contribution in [2.75, 3.05) is 64.2 Å². The second kappa shape index (κ2) is 15.7. The van der Waals surface area contributed by atoms with Gasteiger partial charge in [0.25, 0.3) is 0 Å². The van der Waals surface area contributed by atoms with Crippen LogP contribution in [0.4, 0.5) is 15.9 Å². The van der Waals surface area contributed by atoms with Crippen LogP contribution in [0.15, 0.2) is 61.1 Å². The molecule has 1 aliphatic rings. The first-order valence-electron chi connectivity index (χ1n) is 14.5. The minimum absolute atomic E-state index is 0.0776. The van der Waals surface area contributed by atoms with Crippen molar-refractivity contribution >= 4 is 29.5 Å². The maximum absolute atomic E-state index is 15.0. The maximum Gasteiger partial charge on any atom is 0.218 e. The van der Waals surface area contributed by atoms with Gasteiger partial charge in [-0.2, -0.15) is 0 Å². The Hall–Kier alpha value is -3.66. The van der Waals surface area contributed by atoms with Gasteiger partial charge in [-0.15, -0.1) is 0 Å². The lowest BCUT2D eigenvalue weighted by molar-refractivity contribution is -0.107. The standard InChI is InChI=1S/C31H37ClFN5O3.C2H6/c1-6-41-29-19-38(18-23(29)17-36(4)5)30-14-22(9-10-34-30)26-16-24(33)15-25(31(26)40)21-7-8-28(27(32)13-21)37(20-39)12-11-35(2)3;1-2/h7-16,20,23,29,40H,6,17-19H2,1-5H3;1-2H3/b12-11-;/t23-,29?;/m0./s1. The first kappa shape index (κ1) is 33.8. The largest absolute Gasteiger partial charge is 0.507 e. The molecule has 2 atom stereocenters. The molecular formula is C33H43ClFN5O3. The number of rotatable bonds is 11. The highest BCUT2D eigenvalue weighted by Crippen LogP contribution is 2.41. The molecule has 1 aromatic heterocycles. The van der Waals surface area contributed by atoms with Gasteiger partial charge in [-0.05, 0) is 68.5 Å². The first-order valence-corrected chi connectivity index (χ1v) is 14.9. The van der Waals surface area contributed by atoms with E-state index in [0.29, 0.717) is 47.9 Å². The second-order valence-corrected chi connectivity index (χ2v) is 11.0. The highest BCUT2D eigenvalue weighted by atomic mass is 35.5. The number of carbonyl (C=O) groups is 1. The van der Waals surface area contributed by atoms with Gasteiger partial charge in [0.1, 0.15) is 17.4 Å². The SMILES string of the molecule is CC.CCOC1CN(c2cc(-c3cc(F)cc(-c4ccc(N(C=O)/C=C\N(C)C)c(Cl)c4)c3O)ccn2)C[C@@H]1CN(C)C. The lowest BCUT2D eigenvalue weighted by Crippen LogP contribution is -2.31. The molecule has 0 radical (unpaired) electrons. The smallest absolute Gasteiger partial charge is 0.218 e. The number of aromatic nitrogens is 1. The normalized spacial score (nSPS) is 16.4. The summed E-state index contributed by atoms with van der Waals surface area (Å²) >= 11 is 6.54. The van der Waals surface area contributed by atoms with Crippen LogP contribution in [0.1, 0.15) is 20.8 Å². The summed E-state index contributed by atoms with van der Waals surface area (Å²) < 4.78 is 21.0. The summed E-state index contributed by atoms with van der Waals surface area (Å²) in [6, 6.07) is 11.2. The van der Waals surface area contributed by atoms with Crippen LogP contribution in [0, 0.1) is 11.7 Å². The number of aromatic hydroxyl groups is 1. The molecular weight excluding hydrogens is 569 g/mol. The van der Waals surface area contributed by atoms with Crippen LogP contribution in [0.2, 0.25) is 5.02 Å². The summed E-state index contributed by atoms with van der Waals surface area (Å²) in [4.78, 5) is 23.7. The second-order valence-electron chi connectivity index (χ2n) is 10.6. The highest BCUT2D eigenvalue weighted by Gasteiger charge is 2.34. The number of halogens is 2. The minimum Gasteiger partial charge on any atom is -0.507 e. The van der Waals surface area contributed by atoms with Crippen LogP contribution < -0.4 is 9.80 Å². The van der Waals surface area contributed by atoms with E-state index in [2.05, 4.69) is 28.9 Å². The molecule has 3 aromatic rings. The Morgan fingerprint density at radius 1 is 1.05 bits per heavy atom.